The van der Waals surface area contributed by atoms with Crippen LogP contribution in [0.2, 0.25) is 0 Å². The fraction of sp³-hybridized carbons (Fsp3) is 0.0833. The van der Waals surface area contributed by atoms with E-state index < -0.39 is 0 Å². The van der Waals surface area contributed by atoms with Crippen LogP contribution in [0.3, 0.4) is 0 Å². The summed E-state index contributed by atoms with van der Waals surface area (Å²) in [6.45, 7) is 0.805. The number of rotatable bonds is 6. The van der Waals surface area contributed by atoms with Crippen molar-refractivity contribution in [3.05, 3.63) is 144 Å². The summed E-state index contributed by atoms with van der Waals surface area (Å²) in [6, 6.07) is 33.7. The van der Waals surface area contributed by atoms with Crippen molar-refractivity contribution >= 4 is 28.4 Å². The molecule has 0 fully saturated rings. The molecule has 3 aromatic heterocycles. The van der Waals surface area contributed by atoms with Crippen LogP contribution < -0.4 is 5.32 Å². The number of hydrogen-bond acceptors (Lipinski definition) is 5. The van der Waals surface area contributed by atoms with Gasteiger partial charge in [-0.3, -0.25) is 9.98 Å². The van der Waals surface area contributed by atoms with E-state index in [1.165, 1.54) is 22.3 Å². The van der Waals surface area contributed by atoms with Crippen molar-refractivity contribution in [1.29, 1.82) is 0 Å². The SMILES string of the molecule is C1=CCNC(c2cccc(-c3sc(C4=CCCC(c5ccccn5)=N4)c(-c4ccccc4)c3-c3ccccc3)n2)=C1. The topological polar surface area (TPSA) is 50.2 Å². The van der Waals surface area contributed by atoms with E-state index in [-0.39, 0.29) is 0 Å². The molecule has 0 amide bonds. The Morgan fingerprint density at radius 2 is 1.39 bits per heavy atom. The van der Waals surface area contributed by atoms with E-state index in [1.54, 1.807) is 11.3 Å². The Labute approximate surface area is 244 Å². The van der Waals surface area contributed by atoms with Gasteiger partial charge in [-0.15, -0.1) is 11.3 Å². The lowest BCUT2D eigenvalue weighted by molar-refractivity contribution is 0.982. The molecule has 5 aromatic rings. The van der Waals surface area contributed by atoms with Crippen molar-refractivity contribution in [2.24, 2.45) is 4.99 Å². The summed E-state index contributed by atoms with van der Waals surface area (Å²) in [6.07, 6.45) is 12.2. The first kappa shape index (κ1) is 25.1. The van der Waals surface area contributed by atoms with Crippen LogP contribution in [0.15, 0.2) is 133 Å². The van der Waals surface area contributed by atoms with Crippen molar-refractivity contribution in [2.45, 2.75) is 12.8 Å². The molecule has 2 aromatic carbocycles. The van der Waals surface area contributed by atoms with Crippen molar-refractivity contribution in [1.82, 2.24) is 15.3 Å². The lowest BCUT2D eigenvalue weighted by Gasteiger charge is -2.14. The summed E-state index contributed by atoms with van der Waals surface area (Å²) in [5.41, 5.74) is 10.6. The Kier molecular flexibility index (Phi) is 6.93. The van der Waals surface area contributed by atoms with E-state index in [4.69, 9.17) is 9.98 Å². The van der Waals surface area contributed by atoms with Gasteiger partial charge in [0.05, 0.1) is 43.9 Å². The minimum Gasteiger partial charge on any atom is -0.380 e. The Morgan fingerprint density at radius 1 is 0.683 bits per heavy atom. The molecule has 41 heavy (non-hydrogen) atoms. The molecule has 2 aliphatic heterocycles. The summed E-state index contributed by atoms with van der Waals surface area (Å²) >= 11 is 1.78. The van der Waals surface area contributed by atoms with Crippen LogP contribution in [0, 0.1) is 0 Å². The number of hydrogen-bond donors (Lipinski definition) is 1. The van der Waals surface area contributed by atoms with Crippen LogP contribution >= 0.6 is 11.3 Å². The summed E-state index contributed by atoms with van der Waals surface area (Å²) in [4.78, 5) is 17.3. The van der Waals surface area contributed by atoms with E-state index in [0.717, 1.165) is 63.3 Å². The highest BCUT2D eigenvalue weighted by molar-refractivity contribution is 7.17. The van der Waals surface area contributed by atoms with Crippen LogP contribution in [0.4, 0.5) is 0 Å². The molecule has 198 valence electrons. The maximum Gasteiger partial charge on any atom is 0.0868 e. The van der Waals surface area contributed by atoms with Gasteiger partial charge in [-0.1, -0.05) is 91.0 Å². The maximum atomic E-state index is 5.22. The van der Waals surface area contributed by atoms with Crippen LogP contribution in [0.1, 0.15) is 29.1 Å². The number of benzene rings is 2. The molecule has 0 spiro atoms. The Morgan fingerprint density at radius 3 is 2.10 bits per heavy atom. The quantitative estimate of drug-likeness (QED) is 0.231. The van der Waals surface area contributed by atoms with Gasteiger partial charge in [0.2, 0.25) is 0 Å². The number of nitrogens with one attached hydrogen (secondary N) is 1. The zero-order valence-electron chi connectivity index (χ0n) is 22.5. The number of thiophene rings is 1. The third kappa shape index (κ3) is 5.08. The Hall–Kier alpha value is -4.87. The summed E-state index contributed by atoms with van der Waals surface area (Å²) < 4.78 is 0. The van der Waals surface area contributed by atoms with Gasteiger partial charge in [-0.2, -0.15) is 0 Å². The van der Waals surface area contributed by atoms with Gasteiger partial charge < -0.3 is 5.32 Å². The van der Waals surface area contributed by atoms with Crippen LogP contribution in [0.5, 0.6) is 0 Å². The van der Waals surface area contributed by atoms with Gasteiger partial charge in [0, 0.05) is 23.9 Å². The van der Waals surface area contributed by atoms with Gasteiger partial charge in [-0.25, -0.2) is 4.98 Å². The van der Waals surface area contributed by atoms with E-state index >= 15 is 0 Å². The van der Waals surface area contributed by atoms with Gasteiger partial charge in [0.25, 0.3) is 0 Å². The van der Waals surface area contributed by atoms with Gasteiger partial charge in [0.15, 0.2) is 0 Å². The standard InChI is InChI=1S/C36H28N4S/c1-3-13-25(14-4-1)33-34(26-15-5-2-6-16-26)36(32-22-12-20-30(40-32)28-18-8-10-24-38-28)41-35(33)31-21-11-19-29(39-31)27-17-7-9-23-37-27/h1-11,13-19,21-22,24,37H,12,20,23H2. The molecule has 7 rings (SSSR count). The highest BCUT2D eigenvalue weighted by atomic mass is 32.1. The van der Waals surface area contributed by atoms with E-state index in [0.29, 0.717) is 0 Å². The monoisotopic (exact) mass is 548 g/mol. The van der Waals surface area contributed by atoms with Crippen molar-refractivity contribution in [2.75, 3.05) is 6.54 Å². The molecule has 5 heteroatoms. The molecule has 0 radical (unpaired) electrons. The van der Waals surface area contributed by atoms with E-state index in [9.17, 15) is 0 Å². The number of aliphatic imine (C=N–C) groups is 1. The molecule has 0 atom stereocenters. The zero-order valence-corrected chi connectivity index (χ0v) is 23.3. The fourth-order valence-corrected chi connectivity index (χ4v) is 6.65. The van der Waals surface area contributed by atoms with Gasteiger partial charge in [0.1, 0.15) is 0 Å². The molecular formula is C36H28N4S. The summed E-state index contributed by atoms with van der Waals surface area (Å²) in [7, 11) is 0. The smallest absolute Gasteiger partial charge is 0.0868 e. The molecule has 0 saturated heterocycles. The van der Waals surface area contributed by atoms with Crippen molar-refractivity contribution in [3.8, 4) is 32.8 Å². The zero-order chi connectivity index (χ0) is 27.4. The molecular weight excluding hydrogens is 520 g/mol. The molecule has 5 heterocycles. The Bertz CT molecular complexity index is 1810. The van der Waals surface area contributed by atoms with Crippen LogP contribution in [-0.2, 0) is 0 Å². The Balaban J connectivity index is 1.47. The van der Waals surface area contributed by atoms with Crippen LogP contribution in [0.25, 0.3) is 44.2 Å². The van der Waals surface area contributed by atoms with Crippen LogP contribution in [-0.4, -0.2) is 22.2 Å². The highest BCUT2D eigenvalue weighted by Gasteiger charge is 2.26. The van der Waals surface area contributed by atoms with Crippen molar-refractivity contribution < 1.29 is 0 Å². The average Bonchev–Trinajstić information content (AvgIpc) is 3.47. The summed E-state index contributed by atoms with van der Waals surface area (Å²) in [5.74, 6) is 0. The largest absolute Gasteiger partial charge is 0.380 e. The molecule has 0 saturated carbocycles. The molecule has 0 aliphatic carbocycles. The number of allylic oxidation sites excluding steroid dienone is 3. The predicted molar refractivity (Wildman–Crippen MR) is 172 cm³/mol. The van der Waals surface area contributed by atoms with E-state index in [1.807, 2.05) is 24.4 Å². The molecule has 2 aliphatic rings. The van der Waals surface area contributed by atoms with Gasteiger partial charge in [-0.05, 0) is 54.3 Å². The molecule has 0 unspecified atom stereocenters. The number of nitrogens with zero attached hydrogens (tertiary/aromatic N) is 3. The minimum atomic E-state index is 0.805. The predicted octanol–water partition coefficient (Wildman–Crippen LogP) is 8.66. The number of aromatic nitrogens is 2. The number of dihydropyridines is 1. The fourth-order valence-electron chi connectivity index (χ4n) is 5.35. The molecule has 1 N–H and O–H groups in total. The van der Waals surface area contributed by atoms with E-state index in [2.05, 4.69) is 113 Å². The lowest BCUT2D eigenvalue weighted by atomic mass is 9.92. The molecule has 0 bridgehead atoms. The number of pyridine rings is 2. The van der Waals surface area contributed by atoms with Crippen molar-refractivity contribution in [3.63, 3.8) is 0 Å². The van der Waals surface area contributed by atoms with Gasteiger partial charge >= 0.3 is 0 Å². The minimum absolute atomic E-state index is 0.805. The maximum absolute atomic E-state index is 5.22. The first-order chi connectivity index (χ1) is 20.3. The first-order valence-corrected chi connectivity index (χ1v) is 14.7. The second-order valence-electron chi connectivity index (χ2n) is 9.94. The average molecular weight is 549 g/mol. The lowest BCUT2D eigenvalue weighted by Crippen LogP contribution is -2.15. The molecule has 4 nitrogen and oxygen atoms in total. The second-order valence-corrected chi connectivity index (χ2v) is 11.0. The highest BCUT2D eigenvalue weighted by Crippen LogP contribution is 2.50. The third-order valence-electron chi connectivity index (χ3n) is 7.27. The normalized spacial score (nSPS) is 14.6. The third-order valence-corrected chi connectivity index (χ3v) is 8.50. The first-order valence-electron chi connectivity index (χ1n) is 13.9. The second kappa shape index (κ2) is 11.3. The summed E-state index contributed by atoms with van der Waals surface area (Å²) in [5, 5.41) is 3.46.